The van der Waals surface area contributed by atoms with Crippen molar-refractivity contribution in [2.75, 3.05) is 0 Å². The zero-order valence-electron chi connectivity index (χ0n) is 22.8. The number of furan rings is 1. The van der Waals surface area contributed by atoms with Gasteiger partial charge in [0.1, 0.15) is 11.2 Å². The molecule has 40 heavy (non-hydrogen) atoms. The van der Waals surface area contributed by atoms with Crippen LogP contribution in [0.1, 0.15) is 42.3 Å². The summed E-state index contributed by atoms with van der Waals surface area (Å²) < 4.78 is 9.23. The highest BCUT2D eigenvalue weighted by atomic mass is 16.3. The first kappa shape index (κ1) is 23.3. The summed E-state index contributed by atoms with van der Waals surface area (Å²) in [6.07, 6.45) is 10.6. The zero-order valence-corrected chi connectivity index (χ0v) is 22.8. The Labute approximate surface area is 234 Å². The molecular weight excluding hydrogens is 486 g/mol. The first-order valence-electron chi connectivity index (χ1n) is 14.4. The van der Waals surface area contributed by atoms with Crippen molar-refractivity contribution in [3.05, 3.63) is 138 Å². The zero-order chi connectivity index (χ0) is 26.8. The smallest absolute Gasteiger partial charge is 0.145 e. The summed E-state index contributed by atoms with van der Waals surface area (Å²) in [7, 11) is 0. The second-order valence-corrected chi connectivity index (χ2v) is 11.4. The summed E-state index contributed by atoms with van der Waals surface area (Å²) in [6, 6.07) is 34.9. The van der Waals surface area contributed by atoms with Gasteiger partial charge in [0, 0.05) is 27.9 Å². The molecule has 8 rings (SSSR count). The standard InChI is InChI=1S/C38H31NO/c1-24-17-18-31-35(21-24)39(33-20-19-30-29-15-9-10-16-36(29)40-38(30)37(31)33)34-23-28(26-11-5-3-6-12-26)22-32(25(34)2)27-13-7-4-8-14-27/h3-20,22-25,34H,21H2,1-2H3. The van der Waals surface area contributed by atoms with Crippen molar-refractivity contribution in [2.45, 2.75) is 26.3 Å². The fourth-order valence-electron chi connectivity index (χ4n) is 6.97. The Morgan fingerprint density at radius 1 is 0.750 bits per heavy atom. The van der Waals surface area contributed by atoms with Gasteiger partial charge in [-0.1, -0.05) is 117 Å². The van der Waals surface area contributed by atoms with Crippen LogP contribution < -0.4 is 0 Å². The van der Waals surface area contributed by atoms with Crippen LogP contribution in [0.3, 0.4) is 0 Å². The van der Waals surface area contributed by atoms with Crippen molar-refractivity contribution in [1.82, 2.24) is 4.57 Å². The number of aromatic nitrogens is 1. The lowest BCUT2D eigenvalue weighted by Gasteiger charge is -2.33. The van der Waals surface area contributed by atoms with E-state index in [0.29, 0.717) is 11.8 Å². The molecule has 4 aromatic carbocycles. The van der Waals surface area contributed by atoms with Gasteiger partial charge in [-0.15, -0.1) is 0 Å². The minimum Gasteiger partial charge on any atom is -0.455 e. The number of benzene rings is 4. The summed E-state index contributed by atoms with van der Waals surface area (Å²) in [4.78, 5) is 0. The van der Waals surface area contributed by atoms with E-state index in [0.717, 1.165) is 17.6 Å². The Bertz CT molecular complexity index is 2000. The predicted molar refractivity (Wildman–Crippen MR) is 168 cm³/mol. The van der Waals surface area contributed by atoms with Gasteiger partial charge >= 0.3 is 0 Å². The van der Waals surface area contributed by atoms with E-state index in [1.54, 1.807) is 0 Å². The molecule has 2 aromatic heterocycles. The Morgan fingerprint density at radius 3 is 2.27 bits per heavy atom. The third-order valence-corrected chi connectivity index (χ3v) is 8.94. The van der Waals surface area contributed by atoms with E-state index in [-0.39, 0.29) is 6.04 Å². The lowest BCUT2D eigenvalue weighted by molar-refractivity contribution is 0.488. The molecule has 2 heteroatoms. The topological polar surface area (TPSA) is 18.1 Å². The maximum absolute atomic E-state index is 6.59. The van der Waals surface area contributed by atoms with Gasteiger partial charge < -0.3 is 8.98 Å². The Kier molecular flexibility index (Phi) is 5.25. The van der Waals surface area contributed by atoms with E-state index < -0.39 is 0 Å². The molecule has 3 unspecified atom stereocenters. The molecule has 6 aromatic rings. The number of nitrogens with zero attached hydrogens (tertiary/aromatic N) is 1. The minimum absolute atomic E-state index is 0.169. The Hall–Kier alpha value is -4.56. The van der Waals surface area contributed by atoms with Gasteiger partial charge in [0.2, 0.25) is 0 Å². The van der Waals surface area contributed by atoms with E-state index in [9.17, 15) is 0 Å². The highest BCUT2D eigenvalue weighted by Crippen LogP contribution is 2.47. The molecule has 0 saturated heterocycles. The van der Waals surface area contributed by atoms with Crippen molar-refractivity contribution >= 4 is 50.1 Å². The molecule has 0 spiro atoms. The first-order valence-corrected chi connectivity index (χ1v) is 14.4. The van der Waals surface area contributed by atoms with Crippen LogP contribution in [0.4, 0.5) is 0 Å². The summed E-state index contributed by atoms with van der Waals surface area (Å²) >= 11 is 0. The van der Waals surface area contributed by atoms with Crippen molar-refractivity contribution in [3.63, 3.8) is 0 Å². The average Bonchev–Trinajstić information content (AvgIpc) is 3.53. The largest absolute Gasteiger partial charge is 0.455 e. The second-order valence-electron chi connectivity index (χ2n) is 11.4. The first-order chi connectivity index (χ1) is 19.7. The highest BCUT2D eigenvalue weighted by molar-refractivity contribution is 6.17. The lowest BCUT2D eigenvalue weighted by Crippen LogP contribution is -2.23. The Morgan fingerprint density at radius 2 is 1.48 bits per heavy atom. The van der Waals surface area contributed by atoms with E-state index in [4.69, 9.17) is 4.42 Å². The fraction of sp³-hybridized carbons (Fsp3) is 0.158. The van der Waals surface area contributed by atoms with Crippen molar-refractivity contribution in [1.29, 1.82) is 0 Å². The van der Waals surface area contributed by atoms with Crippen molar-refractivity contribution in [2.24, 2.45) is 11.8 Å². The molecule has 0 N–H and O–H groups in total. The third kappa shape index (κ3) is 3.49. The molecule has 2 aliphatic carbocycles. The van der Waals surface area contributed by atoms with Gasteiger partial charge in [-0.25, -0.2) is 0 Å². The number of rotatable bonds is 3. The van der Waals surface area contributed by atoms with E-state index in [1.165, 1.54) is 55.2 Å². The van der Waals surface area contributed by atoms with E-state index in [1.807, 2.05) is 0 Å². The van der Waals surface area contributed by atoms with Gasteiger partial charge in [-0.2, -0.15) is 0 Å². The molecule has 0 aliphatic heterocycles. The van der Waals surface area contributed by atoms with Gasteiger partial charge in [0.05, 0.1) is 16.9 Å². The van der Waals surface area contributed by atoms with E-state index >= 15 is 0 Å². The number of para-hydroxylation sites is 1. The highest BCUT2D eigenvalue weighted by Gasteiger charge is 2.32. The van der Waals surface area contributed by atoms with Crippen LogP contribution in [0, 0.1) is 11.8 Å². The molecule has 2 aliphatic rings. The van der Waals surface area contributed by atoms with Gasteiger partial charge in [0.15, 0.2) is 0 Å². The molecule has 194 valence electrons. The lowest BCUT2D eigenvalue weighted by atomic mass is 9.80. The maximum Gasteiger partial charge on any atom is 0.145 e. The van der Waals surface area contributed by atoms with Gasteiger partial charge in [-0.3, -0.25) is 0 Å². The van der Waals surface area contributed by atoms with Gasteiger partial charge in [-0.05, 0) is 52.8 Å². The monoisotopic (exact) mass is 517 g/mol. The molecule has 0 fully saturated rings. The number of hydrogen-bond acceptors (Lipinski definition) is 1. The van der Waals surface area contributed by atoms with Crippen LogP contribution in [0.15, 0.2) is 120 Å². The number of allylic oxidation sites excluding steroid dienone is 5. The fourth-order valence-corrected chi connectivity index (χ4v) is 6.97. The molecule has 0 amide bonds. The minimum atomic E-state index is 0.169. The van der Waals surface area contributed by atoms with Crippen molar-refractivity contribution < 1.29 is 4.42 Å². The SMILES string of the molecule is CC1C=Cc2c(n(C3C=C(c4ccccc4)C=C(c4ccccc4)C3C)c3ccc4c5ccccc5oc4c23)C1. The summed E-state index contributed by atoms with van der Waals surface area (Å²) in [5.41, 5.74) is 11.1. The van der Waals surface area contributed by atoms with Crippen LogP contribution in [-0.4, -0.2) is 4.57 Å². The molecule has 0 saturated carbocycles. The molecule has 0 bridgehead atoms. The van der Waals surface area contributed by atoms with Crippen LogP contribution in [-0.2, 0) is 6.42 Å². The van der Waals surface area contributed by atoms with Crippen LogP contribution in [0.5, 0.6) is 0 Å². The molecule has 2 heterocycles. The van der Waals surface area contributed by atoms with Crippen molar-refractivity contribution in [3.8, 4) is 0 Å². The number of hydrogen-bond donors (Lipinski definition) is 0. The van der Waals surface area contributed by atoms with Crippen LogP contribution in [0.25, 0.3) is 50.1 Å². The summed E-state index contributed by atoms with van der Waals surface area (Å²) in [5, 5.41) is 3.61. The van der Waals surface area contributed by atoms with Crippen LogP contribution >= 0.6 is 0 Å². The maximum atomic E-state index is 6.59. The molecule has 2 nitrogen and oxygen atoms in total. The quantitative estimate of drug-likeness (QED) is 0.228. The average molecular weight is 518 g/mol. The summed E-state index contributed by atoms with van der Waals surface area (Å²) in [5.74, 6) is 0.782. The van der Waals surface area contributed by atoms with Gasteiger partial charge in [0.25, 0.3) is 0 Å². The molecule has 0 radical (unpaired) electrons. The predicted octanol–water partition coefficient (Wildman–Crippen LogP) is 10.1. The second kappa shape index (κ2) is 8.99. The normalized spacial score (nSPS) is 20.6. The molecular formula is C38H31NO. The Balaban J connectivity index is 1.42. The van der Waals surface area contributed by atoms with Crippen LogP contribution in [0.2, 0.25) is 0 Å². The third-order valence-electron chi connectivity index (χ3n) is 8.94. The van der Waals surface area contributed by atoms with E-state index in [2.05, 4.69) is 140 Å². The molecule has 3 atom stereocenters. The number of fused-ring (bicyclic) bond motifs is 7. The summed E-state index contributed by atoms with van der Waals surface area (Å²) in [6.45, 7) is 4.71.